The van der Waals surface area contributed by atoms with E-state index in [0.29, 0.717) is 16.8 Å². The van der Waals surface area contributed by atoms with E-state index in [1.165, 1.54) is 18.2 Å². The van der Waals surface area contributed by atoms with Crippen molar-refractivity contribution in [2.75, 3.05) is 25.2 Å². The fraction of sp³-hybridized carbons (Fsp3) is 0.185. The number of rotatable bonds is 10. The Labute approximate surface area is 220 Å². The minimum Gasteiger partial charge on any atom is -0.493 e. The van der Waals surface area contributed by atoms with Gasteiger partial charge in [-0.2, -0.15) is 17.6 Å². The van der Waals surface area contributed by atoms with E-state index < -0.39 is 30.2 Å². The highest BCUT2D eigenvalue weighted by molar-refractivity contribution is 6.23. The number of nitrogen functional groups attached to an aromatic ring is 2. The molecule has 4 N–H and O–H groups in total. The van der Waals surface area contributed by atoms with Crippen molar-refractivity contribution >= 4 is 35.0 Å². The second kappa shape index (κ2) is 12.2. The molecule has 0 aliphatic rings. The lowest BCUT2D eigenvalue weighted by Gasteiger charge is -2.18. The number of hydrogen-bond acceptors (Lipinski definition) is 8. The van der Waals surface area contributed by atoms with Crippen molar-refractivity contribution in [2.45, 2.75) is 19.5 Å². The van der Waals surface area contributed by atoms with Gasteiger partial charge in [0.15, 0.2) is 11.5 Å². The Kier molecular flexibility index (Phi) is 9.02. The first-order chi connectivity index (χ1) is 18.4. The number of hydrogen-bond donors (Lipinski definition) is 2. The first kappa shape index (κ1) is 28.8. The molecule has 0 saturated heterocycles. The molecule has 12 heteroatoms. The largest absolute Gasteiger partial charge is 0.493 e. The van der Waals surface area contributed by atoms with Crippen molar-refractivity contribution in [1.29, 1.82) is 0 Å². The minimum absolute atomic E-state index is 0.116. The van der Waals surface area contributed by atoms with Crippen molar-refractivity contribution in [2.24, 2.45) is 0 Å². The molecule has 0 spiro atoms. The molecular formula is C27H24F4N2O6. The summed E-state index contributed by atoms with van der Waals surface area (Å²) in [5.41, 5.74) is 13.5. The van der Waals surface area contributed by atoms with Gasteiger partial charge in [-0.05, 0) is 67.1 Å². The first-order valence-corrected chi connectivity index (χ1v) is 11.3. The molecule has 0 bridgehead atoms. The molecule has 8 nitrogen and oxygen atoms in total. The monoisotopic (exact) mass is 548 g/mol. The fourth-order valence-electron chi connectivity index (χ4n) is 3.32. The second-order valence-corrected chi connectivity index (χ2v) is 7.91. The quantitative estimate of drug-likeness (QED) is 0.0860. The lowest BCUT2D eigenvalue weighted by Crippen LogP contribution is -2.33. The average molecular weight is 548 g/mol. The van der Waals surface area contributed by atoms with Crippen LogP contribution in [0.15, 0.2) is 60.7 Å². The zero-order valence-corrected chi connectivity index (χ0v) is 20.8. The van der Waals surface area contributed by atoms with Gasteiger partial charge in [-0.25, -0.2) is 9.59 Å². The van der Waals surface area contributed by atoms with Crippen LogP contribution in [0.5, 0.6) is 17.2 Å². The molecule has 0 heterocycles. The summed E-state index contributed by atoms with van der Waals surface area (Å²) in [6, 6.07) is 13.7. The molecule has 3 aromatic carbocycles. The Morgan fingerprint density at radius 2 is 1.67 bits per heavy atom. The number of benzene rings is 3. The van der Waals surface area contributed by atoms with E-state index in [0.717, 1.165) is 25.3 Å². The van der Waals surface area contributed by atoms with E-state index >= 15 is 0 Å². The second-order valence-electron chi connectivity index (χ2n) is 7.91. The number of halogens is 4. The molecule has 0 aliphatic carbocycles. The molecule has 206 valence electrons. The van der Waals surface area contributed by atoms with Crippen LogP contribution in [-0.2, 0) is 9.53 Å². The van der Waals surface area contributed by atoms with Crippen LogP contribution in [0, 0.1) is 0 Å². The summed E-state index contributed by atoms with van der Waals surface area (Å²) in [6.45, 7) is 1.81. The number of carbonyl (C=O) groups is 2. The molecular weight excluding hydrogens is 524 g/mol. The summed E-state index contributed by atoms with van der Waals surface area (Å²) in [7, 11) is 1.09. The van der Waals surface area contributed by atoms with Crippen molar-refractivity contribution in [3.05, 3.63) is 77.4 Å². The van der Waals surface area contributed by atoms with E-state index in [9.17, 15) is 27.2 Å². The molecule has 0 amide bonds. The van der Waals surface area contributed by atoms with Crippen molar-refractivity contribution in [3.63, 3.8) is 0 Å². The summed E-state index contributed by atoms with van der Waals surface area (Å²) < 4.78 is 70.8. The van der Waals surface area contributed by atoms with Crippen LogP contribution >= 0.6 is 0 Å². The van der Waals surface area contributed by atoms with Crippen molar-refractivity contribution < 1.29 is 46.1 Å². The third-order valence-electron chi connectivity index (χ3n) is 5.16. The summed E-state index contributed by atoms with van der Waals surface area (Å²) in [5.74, 6) is -2.43. The van der Waals surface area contributed by atoms with Gasteiger partial charge in [0.05, 0.1) is 24.9 Å². The van der Waals surface area contributed by atoms with E-state index in [4.69, 9.17) is 25.7 Å². The van der Waals surface area contributed by atoms with E-state index in [2.05, 4.69) is 4.74 Å². The molecule has 0 fully saturated rings. The molecule has 0 atom stereocenters. The third-order valence-corrected chi connectivity index (χ3v) is 5.16. The number of alkyl halides is 4. The number of ether oxygens (including phenoxy) is 4. The molecule has 0 radical (unpaired) electrons. The average Bonchev–Trinajstić information content (AvgIpc) is 2.88. The van der Waals surface area contributed by atoms with Gasteiger partial charge >= 0.3 is 24.5 Å². The van der Waals surface area contributed by atoms with Gasteiger partial charge in [0, 0.05) is 16.9 Å². The summed E-state index contributed by atoms with van der Waals surface area (Å²) in [4.78, 5) is 25.2. The molecule has 3 aromatic rings. The lowest BCUT2D eigenvalue weighted by molar-refractivity contribution is -0.253. The van der Waals surface area contributed by atoms with E-state index in [1.54, 1.807) is 37.3 Å². The van der Waals surface area contributed by atoms with Gasteiger partial charge in [-0.1, -0.05) is 12.1 Å². The van der Waals surface area contributed by atoms with Crippen molar-refractivity contribution in [1.82, 2.24) is 0 Å². The van der Waals surface area contributed by atoms with Gasteiger partial charge < -0.3 is 30.4 Å². The molecule has 39 heavy (non-hydrogen) atoms. The highest BCUT2D eigenvalue weighted by Crippen LogP contribution is 2.35. The Hall–Kier alpha value is -4.74. The maximum Gasteiger partial charge on any atom is 0.461 e. The molecule has 3 rings (SSSR count). The smallest absolute Gasteiger partial charge is 0.461 e. The number of carbonyl (C=O) groups excluding carboxylic acids is 2. The van der Waals surface area contributed by atoms with Crippen LogP contribution in [-0.4, -0.2) is 38.2 Å². The fourth-order valence-corrected chi connectivity index (χ4v) is 3.32. The van der Waals surface area contributed by atoms with Gasteiger partial charge in [0.25, 0.3) is 0 Å². The molecule has 0 saturated carbocycles. The minimum atomic E-state index is -4.75. The lowest BCUT2D eigenvalue weighted by atomic mass is 10.0. The molecule has 0 aromatic heterocycles. The highest BCUT2D eigenvalue weighted by Gasteiger charge is 2.44. The first-order valence-electron chi connectivity index (χ1n) is 11.3. The number of nitrogens with two attached hydrogens (primary N) is 2. The number of anilines is 2. The summed E-state index contributed by atoms with van der Waals surface area (Å²) in [6.07, 6.45) is -7.27. The van der Waals surface area contributed by atoms with Crippen LogP contribution in [0.4, 0.5) is 28.9 Å². The third kappa shape index (κ3) is 7.18. The van der Waals surface area contributed by atoms with Gasteiger partial charge in [0.2, 0.25) is 0 Å². The molecule has 0 unspecified atom stereocenters. The van der Waals surface area contributed by atoms with Gasteiger partial charge in [-0.3, -0.25) is 0 Å². The maximum absolute atomic E-state index is 13.3. The normalized spacial score (nSPS) is 11.7. The van der Waals surface area contributed by atoms with E-state index in [1.807, 2.05) is 0 Å². The Balaban J connectivity index is 1.81. The summed E-state index contributed by atoms with van der Waals surface area (Å²) >= 11 is 0. The predicted molar refractivity (Wildman–Crippen MR) is 136 cm³/mol. The number of esters is 2. The highest BCUT2D eigenvalue weighted by atomic mass is 19.3. The van der Waals surface area contributed by atoms with Crippen LogP contribution in [0.25, 0.3) is 11.6 Å². The standard InChI is InChI=1S/C27H24F4N2O6/c1-3-37-25(35)20(19-10-7-17(32)14-21(19)33)12-15-4-8-18(9-5-15)38-24(34)16-6-11-22(23(13-16)36-2)39-27(30,31)26(28)29/h4-14,26H,3,32-33H2,1-2H3. The SMILES string of the molecule is CCOC(=O)C(=Cc1ccc(OC(=O)c2ccc(OC(F)(F)C(F)F)c(OC)c2)cc1)c1ccc(N)cc1N. The zero-order chi connectivity index (χ0) is 28.7. The van der Waals surface area contributed by atoms with Crippen LogP contribution < -0.4 is 25.7 Å². The van der Waals surface area contributed by atoms with E-state index in [-0.39, 0.29) is 34.9 Å². The van der Waals surface area contributed by atoms with Crippen molar-refractivity contribution in [3.8, 4) is 17.2 Å². The maximum atomic E-state index is 13.3. The topological polar surface area (TPSA) is 123 Å². The number of methoxy groups -OCH3 is 1. The molecule has 0 aliphatic heterocycles. The van der Waals surface area contributed by atoms with Crippen LogP contribution in [0.3, 0.4) is 0 Å². The van der Waals surface area contributed by atoms with Gasteiger partial charge in [0.1, 0.15) is 5.75 Å². The predicted octanol–water partition coefficient (Wildman–Crippen LogP) is 5.42. The van der Waals surface area contributed by atoms with Crippen LogP contribution in [0.2, 0.25) is 0 Å². The Morgan fingerprint density at radius 1 is 0.974 bits per heavy atom. The van der Waals surface area contributed by atoms with Gasteiger partial charge in [-0.15, -0.1) is 0 Å². The Bertz CT molecular complexity index is 1380. The Morgan fingerprint density at radius 3 is 2.26 bits per heavy atom. The zero-order valence-electron chi connectivity index (χ0n) is 20.8. The van der Waals surface area contributed by atoms with Crippen LogP contribution in [0.1, 0.15) is 28.4 Å². The summed E-state index contributed by atoms with van der Waals surface area (Å²) in [5, 5.41) is 0.